The molecule has 0 aromatic rings. The van der Waals surface area contributed by atoms with Crippen LogP contribution in [0.15, 0.2) is 0 Å². The molecule has 2 N–H and O–H groups in total. The number of carbonyl (C=O) groups excluding carboxylic acids is 1. The number of amides is 1. The maximum atomic E-state index is 11.3. The topological polar surface area (TPSA) is 50.4 Å². The van der Waals surface area contributed by atoms with Gasteiger partial charge in [0.05, 0.1) is 19.3 Å². The molecule has 1 rings (SSSR count). The molecular weight excluding hydrogens is 204 g/mol. The predicted molar refractivity (Wildman–Crippen MR) is 64.4 cm³/mol. The van der Waals surface area contributed by atoms with Crippen molar-refractivity contribution in [3.63, 3.8) is 0 Å². The Morgan fingerprint density at radius 2 is 2.06 bits per heavy atom. The first-order valence-electron chi connectivity index (χ1n) is 6.30. The van der Waals surface area contributed by atoms with Crippen molar-refractivity contribution in [1.82, 2.24) is 10.6 Å². The molecule has 4 nitrogen and oxygen atoms in total. The Hall–Kier alpha value is -0.610. The van der Waals surface area contributed by atoms with Gasteiger partial charge in [-0.3, -0.25) is 4.79 Å². The average molecular weight is 228 g/mol. The van der Waals surface area contributed by atoms with E-state index in [9.17, 15) is 4.79 Å². The third-order valence-electron chi connectivity index (χ3n) is 2.75. The third kappa shape index (κ3) is 6.08. The van der Waals surface area contributed by atoms with Crippen LogP contribution in [0.25, 0.3) is 0 Å². The van der Waals surface area contributed by atoms with Gasteiger partial charge in [-0.25, -0.2) is 0 Å². The Kier molecular flexibility index (Phi) is 6.42. The number of rotatable bonds is 7. The van der Waals surface area contributed by atoms with Crippen LogP contribution in [-0.2, 0) is 9.53 Å². The Balaban J connectivity index is 1.91. The first-order chi connectivity index (χ1) is 7.68. The lowest BCUT2D eigenvalue weighted by atomic mass is 10.3. The number of hydrogen-bond acceptors (Lipinski definition) is 3. The molecule has 0 atom stereocenters. The molecule has 0 heterocycles. The first kappa shape index (κ1) is 13.5. The van der Waals surface area contributed by atoms with Crippen LogP contribution >= 0.6 is 0 Å². The van der Waals surface area contributed by atoms with Gasteiger partial charge in [0, 0.05) is 12.6 Å². The minimum Gasteiger partial charge on any atom is -0.376 e. The summed E-state index contributed by atoms with van der Waals surface area (Å²) < 4.78 is 5.64. The maximum Gasteiger partial charge on any atom is 0.234 e. The van der Waals surface area contributed by atoms with E-state index in [4.69, 9.17) is 4.74 Å². The largest absolute Gasteiger partial charge is 0.376 e. The lowest BCUT2D eigenvalue weighted by Gasteiger charge is -2.12. The van der Waals surface area contributed by atoms with Crippen LogP contribution in [0.3, 0.4) is 0 Å². The van der Waals surface area contributed by atoms with Gasteiger partial charge >= 0.3 is 0 Å². The summed E-state index contributed by atoms with van der Waals surface area (Å²) in [5.41, 5.74) is 0. The summed E-state index contributed by atoms with van der Waals surface area (Å²) in [4.78, 5) is 11.3. The van der Waals surface area contributed by atoms with Crippen LogP contribution in [0.1, 0.15) is 39.5 Å². The van der Waals surface area contributed by atoms with E-state index >= 15 is 0 Å². The molecule has 0 radical (unpaired) electrons. The Bertz CT molecular complexity index is 201. The molecule has 1 fully saturated rings. The van der Waals surface area contributed by atoms with Crippen LogP contribution in [0.5, 0.6) is 0 Å². The molecule has 0 aromatic heterocycles. The molecule has 0 aliphatic heterocycles. The number of carbonyl (C=O) groups is 1. The summed E-state index contributed by atoms with van der Waals surface area (Å²) in [6.07, 6.45) is 5.38. The van der Waals surface area contributed by atoms with E-state index in [1.54, 1.807) is 0 Å². The van der Waals surface area contributed by atoms with Crippen molar-refractivity contribution in [2.24, 2.45) is 0 Å². The van der Waals surface area contributed by atoms with E-state index < -0.39 is 0 Å². The number of nitrogens with one attached hydrogen (secondary N) is 2. The molecule has 0 saturated heterocycles. The molecule has 0 unspecified atom stereocenters. The van der Waals surface area contributed by atoms with Crippen molar-refractivity contribution in [3.8, 4) is 0 Å². The standard InChI is InChI=1S/C12H24N2O2/c1-10(2)14-9-12(15)13-7-8-16-11-5-3-4-6-11/h10-11,14H,3-9H2,1-2H3,(H,13,15). The van der Waals surface area contributed by atoms with E-state index in [0.29, 0.717) is 31.8 Å². The number of hydrogen-bond donors (Lipinski definition) is 2. The Labute approximate surface area is 98.1 Å². The van der Waals surface area contributed by atoms with Gasteiger partial charge < -0.3 is 15.4 Å². The van der Waals surface area contributed by atoms with Crippen LogP contribution in [0.4, 0.5) is 0 Å². The SMILES string of the molecule is CC(C)NCC(=O)NCCOC1CCCC1. The zero-order chi connectivity index (χ0) is 11.8. The minimum atomic E-state index is 0.0451. The normalized spacial score (nSPS) is 16.9. The summed E-state index contributed by atoms with van der Waals surface area (Å²) in [6.45, 7) is 5.70. The predicted octanol–water partition coefficient (Wildman–Crippen LogP) is 1.06. The second kappa shape index (κ2) is 7.63. The van der Waals surface area contributed by atoms with E-state index in [-0.39, 0.29) is 5.91 Å². The van der Waals surface area contributed by atoms with E-state index in [1.807, 2.05) is 13.8 Å². The fraction of sp³-hybridized carbons (Fsp3) is 0.917. The second-order valence-electron chi connectivity index (χ2n) is 4.66. The summed E-state index contributed by atoms with van der Waals surface area (Å²) >= 11 is 0. The van der Waals surface area contributed by atoms with Crippen LogP contribution < -0.4 is 10.6 Å². The second-order valence-corrected chi connectivity index (χ2v) is 4.66. The highest BCUT2D eigenvalue weighted by Gasteiger charge is 2.14. The molecule has 0 aromatic carbocycles. The van der Waals surface area contributed by atoms with Gasteiger partial charge in [0.25, 0.3) is 0 Å². The Morgan fingerprint density at radius 1 is 1.38 bits per heavy atom. The van der Waals surface area contributed by atoms with E-state index in [1.165, 1.54) is 25.7 Å². The molecule has 0 spiro atoms. The van der Waals surface area contributed by atoms with Gasteiger partial charge in [-0.1, -0.05) is 26.7 Å². The highest BCUT2D eigenvalue weighted by atomic mass is 16.5. The van der Waals surface area contributed by atoms with E-state index in [0.717, 1.165) is 0 Å². The molecular formula is C12H24N2O2. The van der Waals surface area contributed by atoms with Crippen molar-refractivity contribution in [2.75, 3.05) is 19.7 Å². The third-order valence-corrected chi connectivity index (χ3v) is 2.75. The van der Waals surface area contributed by atoms with Crippen LogP contribution in [0.2, 0.25) is 0 Å². The van der Waals surface area contributed by atoms with Crippen LogP contribution in [-0.4, -0.2) is 37.7 Å². The Morgan fingerprint density at radius 3 is 2.69 bits per heavy atom. The lowest BCUT2D eigenvalue weighted by Crippen LogP contribution is -2.38. The fourth-order valence-electron chi connectivity index (χ4n) is 1.83. The van der Waals surface area contributed by atoms with Crippen molar-refractivity contribution < 1.29 is 9.53 Å². The van der Waals surface area contributed by atoms with Gasteiger partial charge in [-0.05, 0) is 12.8 Å². The summed E-state index contributed by atoms with van der Waals surface area (Å²) in [6, 6.07) is 0.348. The van der Waals surface area contributed by atoms with Gasteiger partial charge in [0.15, 0.2) is 0 Å². The fourth-order valence-corrected chi connectivity index (χ4v) is 1.83. The first-order valence-corrected chi connectivity index (χ1v) is 6.30. The molecule has 16 heavy (non-hydrogen) atoms. The average Bonchev–Trinajstić information content (AvgIpc) is 2.74. The number of ether oxygens (including phenoxy) is 1. The van der Waals surface area contributed by atoms with Gasteiger partial charge in [0.2, 0.25) is 5.91 Å². The maximum absolute atomic E-state index is 11.3. The minimum absolute atomic E-state index is 0.0451. The molecule has 94 valence electrons. The highest BCUT2D eigenvalue weighted by molar-refractivity contribution is 5.77. The smallest absolute Gasteiger partial charge is 0.234 e. The molecule has 1 aliphatic carbocycles. The summed E-state index contributed by atoms with van der Waals surface area (Å²) in [5, 5.41) is 5.91. The summed E-state index contributed by atoms with van der Waals surface area (Å²) in [7, 11) is 0. The molecule has 1 saturated carbocycles. The monoisotopic (exact) mass is 228 g/mol. The summed E-state index contributed by atoms with van der Waals surface area (Å²) in [5.74, 6) is 0.0451. The zero-order valence-corrected chi connectivity index (χ0v) is 10.4. The van der Waals surface area contributed by atoms with Gasteiger partial charge in [-0.15, -0.1) is 0 Å². The van der Waals surface area contributed by atoms with Gasteiger partial charge in [-0.2, -0.15) is 0 Å². The van der Waals surface area contributed by atoms with Crippen molar-refractivity contribution in [2.45, 2.75) is 51.7 Å². The molecule has 0 bridgehead atoms. The molecule has 1 aliphatic rings. The lowest BCUT2D eigenvalue weighted by molar-refractivity contribution is -0.120. The van der Waals surface area contributed by atoms with Crippen molar-refractivity contribution in [1.29, 1.82) is 0 Å². The van der Waals surface area contributed by atoms with E-state index in [2.05, 4.69) is 10.6 Å². The molecule has 4 heteroatoms. The van der Waals surface area contributed by atoms with Crippen molar-refractivity contribution in [3.05, 3.63) is 0 Å². The molecule has 1 amide bonds. The zero-order valence-electron chi connectivity index (χ0n) is 10.4. The van der Waals surface area contributed by atoms with Crippen molar-refractivity contribution >= 4 is 5.91 Å². The highest BCUT2D eigenvalue weighted by Crippen LogP contribution is 2.20. The van der Waals surface area contributed by atoms with Gasteiger partial charge in [0.1, 0.15) is 0 Å². The quantitative estimate of drug-likeness (QED) is 0.641. The van der Waals surface area contributed by atoms with Crippen LogP contribution in [0, 0.1) is 0 Å².